The lowest BCUT2D eigenvalue weighted by Gasteiger charge is -2.21. The molecule has 2 aromatic rings. The second kappa shape index (κ2) is 4.13. The van der Waals surface area contributed by atoms with Crippen molar-refractivity contribution in [1.82, 2.24) is 0 Å². The van der Waals surface area contributed by atoms with E-state index in [2.05, 4.69) is 58.7 Å². The number of fused-ring (bicyclic) bond motifs is 1. The summed E-state index contributed by atoms with van der Waals surface area (Å²) in [5, 5.41) is 4.37. The van der Waals surface area contributed by atoms with Crippen LogP contribution in [-0.4, -0.2) is 0 Å². The Balaban J connectivity index is 2.97. The summed E-state index contributed by atoms with van der Waals surface area (Å²) < 4.78 is 0. The molecule has 0 N–H and O–H groups in total. The Morgan fingerprint density at radius 2 is 1.72 bits per heavy atom. The standard InChI is InChI=1S/C18H20/c1-7-14-10-16(18(4,5)6)11-15-9-8-12(2)13(3)17(14)15/h7-11H,1-3H2,4-6H3. The molecule has 92 valence electrons. The van der Waals surface area contributed by atoms with Gasteiger partial charge in [0.25, 0.3) is 0 Å². The molecular weight excluding hydrogens is 216 g/mol. The molecule has 0 nitrogen and oxygen atoms in total. The molecule has 0 saturated carbocycles. The zero-order chi connectivity index (χ0) is 13.5. The summed E-state index contributed by atoms with van der Waals surface area (Å²) >= 11 is 0. The van der Waals surface area contributed by atoms with Crippen LogP contribution >= 0.6 is 0 Å². The van der Waals surface area contributed by atoms with Gasteiger partial charge in [-0.3, -0.25) is 0 Å². The van der Waals surface area contributed by atoms with E-state index in [0.717, 1.165) is 16.0 Å². The fourth-order valence-electron chi connectivity index (χ4n) is 2.21. The minimum Gasteiger partial charge on any atom is -0.0984 e. The average Bonchev–Trinajstić information content (AvgIpc) is 2.31. The summed E-state index contributed by atoms with van der Waals surface area (Å²) in [6.07, 6.45) is 1.91. The average molecular weight is 236 g/mol. The molecule has 0 atom stereocenters. The molecule has 0 radical (unpaired) electrons. The van der Waals surface area contributed by atoms with Gasteiger partial charge in [-0.1, -0.05) is 70.8 Å². The largest absolute Gasteiger partial charge is 0.0984 e. The van der Waals surface area contributed by atoms with Crippen molar-refractivity contribution < 1.29 is 0 Å². The minimum absolute atomic E-state index is 0.135. The van der Waals surface area contributed by atoms with Crippen molar-refractivity contribution in [1.29, 1.82) is 0 Å². The Bertz CT molecular complexity index is 712. The van der Waals surface area contributed by atoms with Crippen molar-refractivity contribution >= 4 is 30.0 Å². The highest BCUT2D eigenvalue weighted by molar-refractivity contribution is 5.91. The first-order valence-corrected chi connectivity index (χ1v) is 6.22. The van der Waals surface area contributed by atoms with Crippen molar-refractivity contribution in [3.05, 3.63) is 52.4 Å². The zero-order valence-electron chi connectivity index (χ0n) is 11.5. The van der Waals surface area contributed by atoms with Crippen LogP contribution in [0.2, 0.25) is 0 Å². The molecule has 0 aliphatic heterocycles. The van der Waals surface area contributed by atoms with Crippen LogP contribution in [0.5, 0.6) is 0 Å². The van der Waals surface area contributed by atoms with Gasteiger partial charge in [-0.05, 0) is 37.8 Å². The topological polar surface area (TPSA) is 0 Å². The Morgan fingerprint density at radius 1 is 1.06 bits per heavy atom. The number of hydrogen-bond donors (Lipinski definition) is 0. The molecule has 0 saturated heterocycles. The van der Waals surface area contributed by atoms with E-state index in [1.165, 1.54) is 16.3 Å². The van der Waals surface area contributed by atoms with E-state index in [1.54, 1.807) is 0 Å². The lowest BCUT2D eigenvalue weighted by Crippen LogP contribution is -2.23. The van der Waals surface area contributed by atoms with Gasteiger partial charge >= 0.3 is 0 Å². The third-order valence-corrected chi connectivity index (χ3v) is 3.44. The van der Waals surface area contributed by atoms with E-state index in [4.69, 9.17) is 0 Å². The molecule has 0 heteroatoms. The van der Waals surface area contributed by atoms with Crippen molar-refractivity contribution in [3.63, 3.8) is 0 Å². The summed E-state index contributed by atoms with van der Waals surface area (Å²) in [7, 11) is 0. The van der Waals surface area contributed by atoms with Crippen LogP contribution in [0, 0.1) is 0 Å². The molecule has 0 aliphatic carbocycles. The van der Waals surface area contributed by atoms with Gasteiger partial charge in [0, 0.05) is 0 Å². The smallest absolute Gasteiger partial charge is 0.00390 e. The zero-order valence-corrected chi connectivity index (χ0v) is 11.5. The van der Waals surface area contributed by atoms with E-state index < -0.39 is 0 Å². The molecule has 0 amide bonds. The molecule has 0 heterocycles. The van der Waals surface area contributed by atoms with E-state index in [9.17, 15) is 0 Å². The highest BCUT2D eigenvalue weighted by Crippen LogP contribution is 2.27. The number of hydrogen-bond acceptors (Lipinski definition) is 0. The Morgan fingerprint density at radius 3 is 2.28 bits per heavy atom. The van der Waals surface area contributed by atoms with Gasteiger partial charge in [0.05, 0.1) is 0 Å². The highest BCUT2D eigenvalue weighted by atomic mass is 14.2. The first kappa shape index (κ1) is 12.6. The van der Waals surface area contributed by atoms with Crippen LogP contribution in [0.3, 0.4) is 0 Å². The Hall–Kier alpha value is -1.82. The summed E-state index contributed by atoms with van der Waals surface area (Å²) in [4.78, 5) is 0. The molecule has 0 spiro atoms. The first-order valence-electron chi connectivity index (χ1n) is 6.22. The van der Waals surface area contributed by atoms with E-state index in [0.29, 0.717) is 0 Å². The highest BCUT2D eigenvalue weighted by Gasteiger charge is 2.15. The summed E-state index contributed by atoms with van der Waals surface area (Å²) in [5.74, 6) is 0. The second-order valence-corrected chi connectivity index (χ2v) is 5.82. The first-order chi connectivity index (χ1) is 8.34. The molecule has 0 fully saturated rings. The van der Waals surface area contributed by atoms with Crippen molar-refractivity contribution in [3.8, 4) is 0 Å². The molecular formula is C18H20. The predicted octanol–water partition coefficient (Wildman–Crippen LogP) is 3.60. The van der Waals surface area contributed by atoms with Crippen LogP contribution in [0.25, 0.3) is 30.0 Å². The van der Waals surface area contributed by atoms with Crippen LogP contribution in [0.1, 0.15) is 31.9 Å². The van der Waals surface area contributed by atoms with Gasteiger partial charge in [0.2, 0.25) is 0 Å². The van der Waals surface area contributed by atoms with Gasteiger partial charge in [-0.15, -0.1) is 0 Å². The molecule has 0 aromatic heterocycles. The molecule has 18 heavy (non-hydrogen) atoms. The molecule has 0 bridgehead atoms. The predicted molar refractivity (Wildman–Crippen MR) is 83.0 cm³/mol. The number of benzene rings is 2. The Labute approximate surface area is 109 Å². The maximum Gasteiger partial charge on any atom is -0.00390 e. The van der Waals surface area contributed by atoms with Crippen LogP contribution in [0.4, 0.5) is 0 Å². The Kier molecular flexibility index (Phi) is 2.90. The van der Waals surface area contributed by atoms with Gasteiger partial charge in [-0.2, -0.15) is 0 Å². The van der Waals surface area contributed by atoms with Crippen molar-refractivity contribution in [2.45, 2.75) is 26.2 Å². The minimum atomic E-state index is 0.135. The van der Waals surface area contributed by atoms with Crippen LogP contribution < -0.4 is 10.4 Å². The molecule has 0 aliphatic rings. The van der Waals surface area contributed by atoms with Crippen molar-refractivity contribution in [2.24, 2.45) is 0 Å². The molecule has 2 rings (SSSR count). The maximum atomic E-state index is 4.14. The third kappa shape index (κ3) is 1.99. The van der Waals surface area contributed by atoms with Gasteiger partial charge < -0.3 is 0 Å². The van der Waals surface area contributed by atoms with Gasteiger partial charge in [0.15, 0.2) is 0 Å². The maximum absolute atomic E-state index is 4.14. The second-order valence-electron chi connectivity index (χ2n) is 5.82. The number of rotatable bonds is 1. The fourth-order valence-corrected chi connectivity index (χ4v) is 2.21. The van der Waals surface area contributed by atoms with Crippen LogP contribution in [0.15, 0.2) is 30.8 Å². The summed E-state index contributed by atoms with van der Waals surface area (Å²) in [6.45, 7) is 18.8. The normalized spacial score (nSPS) is 11.7. The quantitative estimate of drug-likeness (QED) is 0.709. The monoisotopic (exact) mass is 236 g/mol. The van der Waals surface area contributed by atoms with E-state index in [-0.39, 0.29) is 5.41 Å². The third-order valence-electron chi connectivity index (χ3n) is 3.44. The molecule has 0 unspecified atom stereocenters. The van der Waals surface area contributed by atoms with Crippen molar-refractivity contribution in [2.75, 3.05) is 0 Å². The van der Waals surface area contributed by atoms with Gasteiger partial charge in [-0.25, -0.2) is 0 Å². The SMILES string of the molecule is C=Cc1cc(C(C)(C)C)cc2ccc(=C)c(=C)c12. The van der Waals surface area contributed by atoms with E-state index >= 15 is 0 Å². The van der Waals surface area contributed by atoms with E-state index in [1.807, 2.05) is 12.1 Å². The fraction of sp³-hybridized carbons (Fsp3) is 0.222. The summed E-state index contributed by atoms with van der Waals surface area (Å²) in [6, 6.07) is 8.61. The van der Waals surface area contributed by atoms with Crippen LogP contribution in [-0.2, 0) is 5.41 Å². The lowest BCUT2D eigenvalue weighted by atomic mass is 9.84. The lowest BCUT2D eigenvalue weighted by molar-refractivity contribution is 0.591. The molecule has 2 aromatic carbocycles. The summed E-state index contributed by atoms with van der Waals surface area (Å²) in [5.41, 5.74) is 2.60. The van der Waals surface area contributed by atoms with Gasteiger partial charge in [0.1, 0.15) is 0 Å².